The van der Waals surface area contributed by atoms with Crippen molar-refractivity contribution in [2.24, 2.45) is 11.7 Å². The summed E-state index contributed by atoms with van der Waals surface area (Å²) in [6, 6.07) is 0. The molecule has 1 amide bonds. The molecule has 1 saturated carbocycles. The molecule has 0 radical (unpaired) electrons. The Bertz CT molecular complexity index is 332. The van der Waals surface area contributed by atoms with Crippen molar-refractivity contribution in [3.05, 3.63) is 0 Å². The Labute approximate surface area is 95.2 Å². The Balaban J connectivity index is 2.42. The highest BCUT2D eigenvalue weighted by Gasteiger charge is 2.43. The first-order valence-electron chi connectivity index (χ1n) is 5.02. The molecule has 17 heavy (non-hydrogen) atoms. The van der Waals surface area contributed by atoms with E-state index in [1.807, 2.05) is 0 Å². The van der Waals surface area contributed by atoms with Crippen LogP contribution in [0.25, 0.3) is 0 Å². The fourth-order valence-electron chi connectivity index (χ4n) is 1.89. The average molecular weight is 254 g/mol. The highest BCUT2D eigenvalue weighted by molar-refractivity contribution is 5.81. The second-order valence-electron chi connectivity index (χ2n) is 4.28. The van der Waals surface area contributed by atoms with Crippen LogP contribution in [-0.4, -0.2) is 35.2 Å². The van der Waals surface area contributed by atoms with Crippen LogP contribution >= 0.6 is 0 Å². The van der Waals surface area contributed by atoms with Gasteiger partial charge in [-0.15, -0.1) is 0 Å². The molecular weight excluding hydrogens is 241 g/mol. The lowest BCUT2D eigenvalue weighted by Gasteiger charge is -2.18. The van der Waals surface area contributed by atoms with Crippen molar-refractivity contribution in [1.82, 2.24) is 5.32 Å². The monoisotopic (exact) mass is 254 g/mol. The number of hydrogen-bond donors (Lipinski definition) is 3. The number of nitrogens with two attached hydrogens (primary N) is 1. The maximum Gasteiger partial charge on any atom is 0.471 e. The zero-order valence-corrected chi connectivity index (χ0v) is 8.88. The number of hydrogen-bond acceptors (Lipinski definition) is 3. The summed E-state index contributed by atoms with van der Waals surface area (Å²) in [7, 11) is 0. The molecule has 1 aliphatic carbocycles. The third-order valence-electron chi connectivity index (χ3n) is 2.89. The molecule has 1 fully saturated rings. The summed E-state index contributed by atoms with van der Waals surface area (Å²) in [5.41, 5.74) is 4.17. The van der Waals surface area contributed by atoms with Gasteiger partial charge in [-0.05, 0) is 25.2 Å². The molecule has 8 heteroatoms. The van der Waals surface area contributed by atoms with Crippen molar-refractivity contribution < 1.29 is 27.9 Å². The van der Waals surface area contributed by atoms with Gasteiger partial charge in [-0.3, -0.25) is 9.59 Å². The van der Waals surface area contributed by atoms with E-state index in [0.717, 1.165) is 0 Å². The molecule has 1 aliphatic rings. The first-order valence-corrected chi connectivity index (χ1v) is 5.02. The van der Waals surface area contributed by atoms with Gasteiger partial charge in [0.05, 0.1) is 0 Å². The van der Waals surface area contributed by atoms with E-state index in [0.29, 0.717) is 6.42 Å². The lowest BCUT2D eigenvalue weighted by molar-refractivity contribution is -0.173. The quantitative estimate of drug-likeness (QED) is 0.673. The van der Waals surface area contributed by atoms with Crippen molar-refractivity contribution in [2.45, 2.75) is 31.0 Å². The number of amides is 1. The molecule has 4 N–H and O–H groups in total. The highest BCUT2D eigenvalue weighted by atomic mass is 19.4. The first-order chi connectivity index (χ1) is 7.65. The summed E-state index contributed by atoms with van der Waals surface area (Å²) < 4.78 is 35.6. The molecule has 1 rings (SSSR count). The minimum Gasteiger partial charge on any atom is -0.480 e. The van der Waals surface area contributed by atoms with Crippen molar-refractivity contribution in [1.29, 1.82) is 0 Å². The van der Waals surface area contributed by atoms with Crippen LogP contribution in [0.2, 0.25) is 0 Å². The van der Waals surface area contributed by atoms with E-state index in [1.165, 1.54) is 0 Å². The topological polar surface area (TPSA) is 92.4 Å². The maximum absolute atomic E-state index is 11.9. The predicted molar refractivity (Wildman–Crippen MR) is 51.0 cm³/mol. The van der Waals surface area contributed by atoms with Crippen LogP contribution in [0.15, 0.2) is 0 Å². The van der Waals surface area contributed by atoms with Crippen LogP contribution in [0, 0.1) is 5.92 Å². The molecule has 0 aromatic rings. The molecule has 98 valence electrons. The number of halogens is 3. The summed E-state index contributed by atoms with van der Waals surface area (Å²) in [6.07, 6.45) is -4.25. The Kier molecular flexibility index (Phi) is 3.65. The van der Waals surface area contributed by atoms with Crippen molar-refractivity contribution >= 4 is 11.9 Å². The van der Waals surface area contributed by atoms with E-state index >= 15 is 0 Å². The standard InChI is InChI=1S/C9H13F3N2O3/c10-9(11,12)6(15)14-4-5-1-2-8(13,3-5)7(16)17/h5H,1-4,13H2,(H,14,15)(H,16,17). The molecule has 0 aromatic carbocycles. The third-order valence-corrected chi connectivity index (χ3v) is 2.89. The number of carboxylic acids is 1. The SMILES string of the molecule is NC1(C(=O)O)CCC(CNC(=O)C(F)(F)F)C1. The number of nitrogens with one attached hydrogen (secondary N) is 1. The molecule has 0 bridgehead atoms. The van der Waals surface area contributed by atoms with Crippen LogP contribution in [-0.2, 0) is 9.59 Å². The van der Waals surface area contributed by atoms with Gasteiger partial charge < -0.3 is 16.2 Å². The fourth-order valence-corrected chi connectivity index (χ4v) is 1.89. The zero-order valence-electron chi connectivity index (χ0n) is 8.88. The molecule has 0 aliphatic heterocycles. The Morgan fingerprint density at radius 2 is 2.06 bits per heavy atom. The average Bonchev–Trinajstić information content (AvgIpc) is 2.57. The summed E-state index contributed by atoms with van der Waals surface area (Å²) in [4.78, 5) is 21.3. The molecule has 2 unspecified atom stereocenters. The third kappa shape index (κ3) is 3.32. The van der Waals surface area contributed by atoms with Crippen molar-refractivity contribution in [3.8, 4) is 0 Å². The highest BCUT2D eigenvalue weighted by Crippen LogP contribution is 2.32. The first kappa shape index (κ1) is 13.8. The number of carboxylic acid groups (broad SMARTS) is 1. The largest absolute Gasteiger partial charge is 0.480 e. The second-order valence-corrected chi connectivity index (χ2v) is 4.28. The zero-order chi connectivity index (χ0) is 13.3. The minimum atomic E-state index is -4.91. The van der Waals surface area contributed by atoms with Gasteiger partial charge in [0.1, 0.15) is 5.54 Å². The van der Waals surface area contributed by atoms with Gasteiger partial charge >= 0.3 is 18.1 Å². The number of carbonyl (C=O) groups excluding carboxylic acids is 1. The van der Waals surface area contributed by atoms with E-state index < -0.39 is 23.6 Å². The van der Waals surface area contributed by atoms with Crippen LogP contribution < -0.4 is 11.1 Å². The fraction of sp³-hybridized carbons (Fsp3) is 0.778. The van der Waals surface area contributed by atoms with Gasteiger partial charge in [0.2, 0.25) is 0 Å². The van der Waals surface area contributed by atoms with Crippen molar-refractivity contribution in [2.75, 3.05) is 6.54 Å². The molecule has 0 saturated heterocycles. The van der Waals surface area contributed by atoms with Gasteiger partial charge in [-0.25, -0.2) is 0 Å². The van der Waals surface area contributed by atoms with Gasteiger partial charge in [-0.1, -0.05) is 0 Å². The van der Waals surface area contributed by atoms with E-state index in [9.17, 15) is 22.8 Å². The van der Waals surface area contributed by atoms with Crippen LogP contribution in [0.1, 0.15) is 19.3 Å². The minimum absolute atomic E-state index is 0.0699. The van der Waals surface area contributed by atoms with Gasteiger partial charge in [0.25, 0.3) is 0 Å². The number of carbonyl (C=O) groups is 2. The van der Waals surface area contributed by atoms with E-state index in [1.54, 1.807) is 5.32 Å². The van der Waals surface area contributed by atoms with Gasteiger partial charge in [0, 0.05) is 6.54 Å². The lowest BCUT2D eigenvalue weighted by atomic mass is 9.97. The van der Waals surface area contributed by atoms with E-state index in [-0.39, 0.29) is 25.3 Å². The van der Waals surface area contributed by atoms with E-state index in [4.69, 9.17) is 10.8 Å². The second kappa shape index (κ2) is 4.52. The predicted octanol–water partition coefficient (Wildman–Crippen LogP) is 0.247. The number of aliphatic carboxylic acids is 1. The van der Waals surface area contributed by atoms with Gasteiger partial charge in [-0.2, -0.15) is 13.2 Å². The number of rotatable bonds is 3. The smallest absolute Gasteiger partial charge is 0.471 e. The molecule has 0 spiro atoms. The summed E-state index contributed by atoms with van der Waals surface area (Å²) in [5, 5.41) is 10.5. The van der Waals surface area contributed by atoms with Crippen LogP contribution in [0.3, 0.4) is 0 Å². The van der Waals surface area contributed by atoms with Crippen molar-refractivity contribution in [3.63, 3.8) is 0 Å². The van der Waals surface area contributed by atoms with E-state index in [2.05, 4.69) is 0 Å². The maximum atomic E-state index is 11.9. The van der Waals surface area contributed by atoms with Crippen LogP contribution in [0.4, 0.5) is 13.2 Å². The summed E-state index contributed by atoms with van der Waals surface area (Å²) in [6.45, 7) is -0.204. The normalized spacial score (nSPS) is 29.1. The molecule has 0 aromatic heterocycles. The summed E-state index contributed by atoms with van der Waals surface area (Å²) >= 11 is 0. The molecule has 5 nitrogen and oxygen atoms in total. The Morgan fingerprint density at radius 1 is 1.47 bits per heavy atom. The Morgan fingerprint density at radius 3 is 2.47 bits per heavy atom. The lowest BCUT2D eigenvalue weighted by Crippen LogP contribution is -2.46. The molecule has 0 heterocycles. The Hall–Kier alpha value is -1.31. The number of alkyl halides is 3. The van der Waals surface area contributed by atoms with Crippen LogP contribution in [0.5, 0.6) is 0 Å². The summed E-state index contributed by atoms with van der Waals surface area (Å²) in [5.74, 6) is -3.51. The van der Waals surface area contributed by atoms with Gasteiger partial charge in [0.15, 0.2) is 0 Å². The molecular formula is C9H13F3N2O3. The molecule has 2 atom stereocenters.